The molecule has 128 valence electrons. The molecule has 0 radical (unpaired) electrons. The van der Waals surface area contributed by atoms with Crippen molar-refractivity contribution in [3.05, 3.63) is 0 Å². The Kier molecular flexibility index (Phi) is 9.37. The van der Waals surface area contributed by atoms with E-state index in [0.717, 1.165) is 18.5 Å². The Hall–Kier alpha value is 0.668. The van der Waals surface area contributed by atoms with Gasteiger partial charge in [-0.05, 0) is 51.7 Å². The summed E-state index contributed by atoms with van der Waals surface area (Å²) in [5.41, 5.74) is 0. The second kappa shape index (κ2) is 9.08. The van der Waals surface area contributed by atoms with Gasteiger partial charge in [-0.3, -0.25) is 0 Å². The molecule has 0 N–H and O–H groups in total. The van der Waals surface area contributed by atoms with Gasteiger partial charge in [0, 0.05) is 27.4 Å². The number of hydrogen-bond donors (Lipinski definition) is 0. The normalized spacial score (nSPS) is 14.0. The summed E-state index contributed by atoms with van der Waals surface area (Å²) in [5.74, 6) is 0. The maximum atomic E-state index is 6.44. The van der Waals surface area contributed by atoms with Gasteiger partial charge < -0.3 is 21.5 Å². The molecule has 0 amide bonds. The van der Waals surface area contributed by atoms with Gasteiger partial charge in [0.2, 0.25) is 0 Å². The quantitative estimate of drug-likeness (QED) is 0.523. The van der Waals surface area contributed by atoms with Gasteiger partial charge in [0.05, 0.1) is 0 Å². The Morgan fingerprint density at radius 3 is 1.67 bits per heavy atom. The molecule has 0 aromatic rings. The number of hydrogen-bond acceptors (Lipinski definition) is 5. The summed E-state index contributed by atoms with van der Waals surface area (Å²) < 4.78 is 28.9. The van der Waals surface area contributed by atoms with Crippen molar-refractivity contribution < 1.29 is 21.5 Å². The van der Waals surface area contributed by atoms with Gasteiger partial charge in [-0.25, -0.2) is 0 Å². The van der Waals surface area contributed by atoms with Crippen LogP contribution in [0.15, 0.2) is 0 Å². The fraction of sp³-hybridized carbons (Fsp3) is 1.00. The molecule has 0 rings (SSSR count). The largest absolute Gasteiger partial charge is 0.500 e. The highest BCUT2D eigenvalue weighted by Gasteiger charge is 2.39. The first-order valence-electron chi connectivity index (χ1n) is 7.55. The highest BCUT2D eigenvalue weighted by Crippen LogP contribution is 2.25. The topological polar surface area (TPSA) is 46.2 Å². The zero-order valence-corrected chi connectivity index (χ0v) is 19.4. The highest BCUT2D eigenvalue weighted by atomic mass is 28.5. The molecule has 21 heavy (non-hydrogen) atoms. The molecule has 0 aromatic heterocycles. The van der Waals surface area contributed by atoms with E-state index in [2.05, 4.69) is 39.3 Å². The molecule has 0 bridgehead atoms. The molecule has 9 heteroatoms. The van der Waals surface area contributed by atoms with Gasteiger partial charge >= 0.3 is 17.4 Å². The third kappa shape index (κ3) is 8.76. The lowest BCUT2D eigenvalue weighted by atomic mass is 10.6. The van der Waals surface area contributed by atoms with Gasteiger partial charge in [-0.1, -0.05) is 0 Å². The van der Waals surface area contributed by atoms with Crippen LogP contribution in [0.5, 0.6) is 0 Å². The molecular formula is C12H34O5Si4. The maximum Gasteiger partial charge on any atom is 0.500 e. The van der Waals surface area contributed by atoms with Crippen molar-refractivity contribution >= 4 is 34.7 Å². The first kappa shape index (κ1) is 21.7. The van der Waals surface area contributed by atoms with Crippen LogP contribution in [0.4, 0.5) is 0 Å². The van der Waals surface area contributed by atoms with E-state index in [1.54, 1.807) is 21.3 Å². The summed E-state index contributed by atoms with van der Waals surface area (Å²) in [6.45, 7) is 13.2. The summed E-state index contributed by atoms with van der Waals surface area (Å²) in [4.78, 5) is 0. The fourth-order valence-electron chi connectivity index (χ4n) is 2.59. The van der Waals surface area contributed by atoms with Crippen molar-refractivity contribution in [2.45, 2.75) is 57.8 Å². The van der Waals surface area contributed by atoms with Gasteiger partial charge in [-0.2, -0.15) is 0 Å². The van der Waals surface area contributed by atoms with Crippen molar-refractivity contribution in [3.63, 3.8) is 0 Å². The fourth-order valence-corrected chi connectivity index (χ4v) is 16.6. The lowest BCUT2D eigenvalue weighted by molar-refractivity contribution is 0.123. The lowest BCUT2D eigenvalue weighted by Gasteiger charge is -2.35. The maximum absolute atomic E-state index is 6.44. The monoisotopic (exact) mass is 370 g/mol. The Morgan fingerprint density at radius 2 is 1.29 bits per heavy atom. The second-order valence-corrected chi connectivity index (χ2v) is 20.3. The zero-order valence-electron chi connectivity index (χ0n) is 15.2. The van der Waals surface area contributed by atoms with E-state index < -0.39 is 34.7 Å². The van der Waals surface area contributed by atoms with Crippen LogP contribution in [0, 0.1) is 0 Å². The van der Waals surface area contributed by atoms with Crippen molar-refractivity contribution in [3.8, 4) is 0 Å². The van der Waals surface area contributed by atoms with E-state index in [9.17, 15) is 0 Å². The van der Waals surface area contributed by atoms with Crippen LogP contribution in [0.25, 0.3) is 0 Å². The summed E-state index contributed by atoms with van der Waals surface area (Å²) in [6.07, 6.45) is 1.00. The third-order valence-corrected chi connectivity index (χ3v) is 16.0. The van der Waals surface area contributed by atoms with Crippen LogP contribution in [0.2, 0.25) is 51.4 Å². The predicted octanol–water partition coefficient (Wildman–Crippen LogP) is 3.18. The minimum absolute atomic E-state index is 0.831. The van der Waals surface area contributed by atoms with E-state index >= 15 is 0 Å². The summed E-state index contributed by atoms with van der Waals surface area (Å²) in [6, 6.07) is 1.90. The molecule has 0 atom stereocenters. The van der Waals surface area contributed by atoms with E-state index in [1.807, 2.05) is 0 Å². The van der Waals surface area contributed by atoms with Crippen LogP contribution in [-0.4, -0.2) is 56.1 Å². The minimum atomic E-state index is -2.45. The van der Waals surface area contributed by atoms with Crippen molar-refractivity contribution in [1.29, 1.82) is 0 Å². The van der Waals surface area contributed by atoms with Crippen molar-refractivity contribution in [1.82, 2.24) is 0 Å². The highest BCUT2D eigenvalue weighted by molar-refractivity contribution is 6.84. The summed E-state index contributed by atoms with van der Waals surface area (Å²) in [7, 11) is -2.22. The van der Waals surface area contributed by atoms with Crippen molar-refractivity contribution in [2.24, 2.45) is 0 Å². The second-order valence-electron chi connectivity index (χ2n) is 6.58. The van der Waals surface area contributed by atoms with E-state index in [-0.39, 0.29) is 0 Å². The van der Waals surface area contributed by atoms with E-state index in [0.29, 0.717) is 0 Å². The molecule has 0 unspecified atom stereocenters. The molecule has 0 fully saturated rings. The predicted molar refractivity (Wildman–Crippen MR) is 97.0 cm³/mol. The average Bonchev–Trinajstić information content (AvgIpc) is 2.32. The van der Waals surface area contributed by atoms with E-state index in [4.69, 9.17) is 21.5 Å². The molecule has 0 aromatic carbocycles. The molecule has 0 aliphatic rings. The first-order chi connectivity index (χ1) is 9.51. The molecule has 0 aliphatic carbocycles. The standard InChI is InChI=1S/C12H34O5Si4/c1-13-21(14-2,15-3)12-10-11-19(6,7)17-20(8,9)16-18(4)5/h18H,10-12H2,1-9H3. The first-order valence-corrected chi connectivity index (χ1v) is 18.2. The Labute approximate surface area is 135 Å². The van der Waals surface area contributed by atoms with Crippen LogP contribution in [-0.2, 0) is 21.5 Å². The van der Waals surface area contributed by atoms with Gasteiger partial charge in [0.15, 0.2) is 17.4 Å². The van der Waals surface area contributed by atoms with Crippen molar-refractivity contribution in [2.75, 3.05) is 21.3 Å². The van der Waals surface area contributed by atoms with Gasteiger partial charge in [0.25, 0.3) is 0 Å². The third-order valence-electron chi connectivity index (χ3n) is 3.24. The molecule has 5 nitrogen and oxygen atoms in total. The Balaban J connectivity index is 4.42. The molecule has 0 saturated heterocycles. The van der Waals surface area contributed by atoms with Gasteiger partial charge in [0.1, 0.15) is 0 Å². The molecule has 0 heterocycles. The van der Waals surface area contributed by atoms with E-state index in [1.165, 1.54) is 0 Å². The Bertz CT molecular complexity index is 287. The van der Waals surface area contributed by atoms with Crippen LogP contribution in [0.3, 0.4) is 0 Å². The summed E-state index contributed by atoms with van der Waals surface area (Å²) in [5, 5.41) is 0. The summed E-state index contributed by atoms with van der Waals surface area (Å²) >= 11 is 0. The van der Waals surface area contributed by atoms with Crippen LogP contribution < -0.4 is 0 Å². The molecule has 0 aliphatic heterocycles. The lowest BCUT2D eigenvalue weighted by Crippen LogP contribution is -2.49. The molecule has 0 spiro atoms. The average molecular weight is 371 g/mol. The van der Waals surface area contributed by atoms with Crippen LogP contribution >= 0.6 is 0 Å². The smallest absolute Gasteiger partial charge is 0.440 e. The SMILES string of the molecule is CO[Si](CCC[Si](C)(C)O[Si](C)(C)O[SiH](C)C)(OC)OC. The molecule has 0 saturated carbocycles. The minimum Gasteiger partial charge on any atom is -0.440 e. The van der Waals surface area contributed by atoms with Gasteiger partial charge in [-0.15, -0.1) is 0 Å². The Morgan fingerprint density at radius 1 is 0.810 bits per heavy atom. The molecular weight excluding hydrogens is 336 g/mol. The zero-order chi connectivity index (χ0) is 16.7. The van der Waals surface area contributed by atoms with Crippen LogP contribution in [0.1, 0.15) is 6.42 Å². The number of rotatable bonds is 11.